The molecule has 16 heavy (non-hydrogen) atoms. The third kappa shape index (κ3) is 1.47. The van der Waals surface area contributed by atoms with E-state index in [1.54, 1.807) is 0 Å². The minimum atomic E-state index is 0.146. The predicted octanol–water partition coefficient (Wildman–Crippen LogP) is 2.53. The number of fused-ring (bicyclic) bond motifs is 2. The number of hydrogen-bond acceptors (Lipinski definition) is 2. The van der Waals surface area contributed by atoms with E-state index in [2.05, 4.69) is 23.6 Å². The molecule has 1 amide bonds. The molecule has 3 nitrogen and oxygen atoms in total. The van der Waals surface area contributed by atoms with Crippen LogP contribution in [0.5, 0.6) is 0 Å². The summed E-state index contributed by atoms with van der Waals surface area (Å²) >= 11 is 0. The van der Waals surface area contributed by atoms with Crippen LogP contribution < -0.4 is 10.6 Å². The molecular weight excluding hydrogens is 200 g/mol. The summed E-state index contributed by atoms with van der Waals surface area (Å²) in [6, 6.07) is 6.44. The number of anilines is 2. The van der Waals surface area contributed by atoms with Crippen LogP contribution >= 0.6 is 0 Å². The van der Waals surface area contributed by atoms with E-state index in [4.69, 9.17) is 0 Å². The zero-order valence-corrected chi connectivity index (χ0v) is 9.42. The molecule has 0 bridgehead atoms. The first kappa shape index (κ1) is 9.70. The molecule has 2 atom stereocenters. The van der Waals surface area contributed by atoms with Crippen LogP contribution in [0.25, 0.3) is 0 Å². The molecule has 0 radical (unpaired) electrons. The van der Waals surface area contributed by atoms with Crippen LogP contribution in [0.4, 0.5) is 11.4 Å². The Bertz CT molecular complexity index is 442. The Hall–Kier alpha value is -1.51. The summed E-state index contributed by atoms with van der Waals surface area (Å²) in [7, 11) is 0. The van der Waals surface area contributed by atoms with Crippen molar-refractivity contribution in [1.82, 2.24) is 0 Å². The van der Waals surface area contributed by atoms with Crippen molar-refractivity contribution in [3.05, 3.63) is 23.8 Å². The van der Waals surface area contributed by atoms with Crippen molar-refractivity contribution in [3.63, 3.8) is 0 Å². The SMILES string of the molecule is Cc1ccc2c(c1)NC1CCCC1C(=O)N2. The maximum atomic E-state index is 12.0. The summed E-state index contributed by atoms with van der Waals surface area (Å²) in [6.07, 6.45) is 3.26. The number of carbonyl (C=O) groups excluding carboxylic acids is 1. The second-order valence-corrected chi connectivity index (χ2v) is 4.83. The van der Waals surface area contributed by atoms with Crippen LogP contribution in [0, 0.1) is 12.8 Å². The van der Waals surface area contributed by atoms with Crippen molar-refractivity contribution < 1.29 is 4.79 Å². The molecule has 0 aromatic heterocycles. The van der Waals surface area contributed by atoms with Gasteiger partial charge in [0.2, 0.25) is 5.91 Å². The number of amides is 1. The zero-order valence-electron chi connectivity index (χ0n) is 9.42. The van der Waals surface area contributed by atoms with Gasteiger partial charge in [-0.05, 0) is 37.5 Å². The highest BCUT2D eigenvalue weighted by Crippen LogP contribution is 2.35. The number of aryl methyl sites for hydroxylation is 1. The van der Waals surface area contributed by atoms with E-state index in [0.717, 1.165) is 30.6 Å². The van der Waals surface area contributed by atoms with Gasteiger partial charge in [0.25, 0.3) is 0 Å². The van der Waals surface area contributed by atoms with Gasteiger partial charge in [-0.3, -0.25) is 4.79 Å². The Labute approximate surface area is 95.2 Å². The number of benzene rings is 1. The van der Waals surface area contributed by atoms with Crippen LogP contribution in [-0.4, -0.2) is 11.9 Å². The first-order chi connectivity index (χ1) is 7.74. The highest BCUT2D eigenvalue weighted by Gasteiger charge is 2.35. The molecule has 1 saturated carbocycles. The lowest BCUT2D eigenvalue weighted by atomic mass is 10.0. The summed E-state index contributed by atoms with van der Waals surface area (Å²) in [6.45, 7) is 2.07. The van der Waals surface area contributed by atoms with Gasteiger partial charge in [-0.25, -0.2) is 0 Å². The molecule has 0 spiro atoms. The molecule has 3 heteroatoms. The fourth-order valence-corrected chi connectivity index (χ4v) is 2.76. The standard InChI is InChI=1S/C13H16N2O/c1-8-5-6-11-12(7-8)14-10-4-2-3-9(10)13(16)15-11/h5-7,9-10,14H,2-4H2,1H3,(H,15,16). The van der Waals surface area contributed by atoms with Gasteiger partial charge < -0.3 is 10.6 Å². The minimum absolute atomic E-state index is 0.146. The summed E-state index contributed by atoms with van der Waals surface area (Å²) in [4.78, 5) is 12.0. The third-order valence-corrected chi connectivity index (χ3v) is 3.63. The smallest absolute Gasteiger partial charge is 0.229 e. The average Bonchev–Trinajstić information content (AvgIpc) is 2.65. The van der Waals surface area contributed by atoms with Crippen molar-refractivity contribution in [2.24, 2.45) is 5.92 Å². The van der Waals surface area contributed by atoms with E-state index >= 15 is 0 Å². The van der Waals surface area contributed by atoms with E-state index in [1.165, 1.54) is 5.56 Å². The van der Waals surface area contributed by atoms with Gasteiger partial charge in [0.05, 0.1) is 17.3 Å². The molecule has 0 saturated heterocycles. The molecule has 1 fully saturated rings. The number of hydrogen-bond donors (Lipinski definition) is 2. The first-order valence-electron chi connectivity index (χ1n) is 5.92. The Morgan fingerprint density at radius 1 is 1.25 bits per heavy atom. The van der Waals surface area contributed by atoms with Crippen molar-refractivity contribution in [2.45, 2.75) is 32.2 Å². The maximum absolute atomic E-state index is 12.0. The number of rotatable bonds is 0. The van der Waals surface area contributed by atoms with E-state index in [0.29, 0.717) is 6.04 Å². The molecule has 1 aromatic rings. The summed E-state index contributed by atoms with van der Waals surface area (Å²) in [5, 5.41) is 6.53. The van der Waals surface area contributed by atoms with Crippen LogP contribution in [0.15, 0.2) is 18.2 Å². The molecule has 3 rings (SSSR count). The molecule has 1 aliphatic heterocycles. The highest BCUT2D eigenvalue weighted by atomic mass is 16.2. The molecule has 2 aliphatic rings. The largest absolute Gasteiger partial charge is 0.380 e. The molecule has 1 aromatic carbocycles. The van der Waals surface area contributed by atoms with Gasteiger partial charge in [-0.15, -0.1) is 0 Å². The fourth-order valence-electron chi connectivity index (χ4n) is 2.76. The van der Waals surface area contributed by atoms with Gasteiger partial charge >= 0.3 is 0 Å². The monoisotopic (exact) mass is 216 g/mol. The molecule has 1 heterocycles. The number of nitrogens with one attached hydrogen (secondary N) is 2. The predicted molar refractivity (Wildman–Crippen MR) is 64.6 cm³/mol. The maximum Gasteiger partial charge on any atom is 0.229 e. The van der Waals surface area contributed by atoms with Crippen molar-refractivity contribution in [3.8, 4) is 0 Å². The Morgan fingerprint density at radius 3 is 3.00 bits per heavy atom. The Balaban J connectivity index is 2.01. The van der Waals surface area contributed by atoms with E-state index < -0.39 is 0 Å². The average molecular weight is 216 g/mol. The lowest BCUT2D eigenvalue weighted by Gasteiger charge is -2.16. The fraction of sp³-hybridized carbons (Fsp3) is 0.462. The Morgan fingerprint density at radius 2 is 2.12 bits per heavy atom. The summed E-state index contributed by atoms with van der Waals surface area (Å²) in [5.41, 5.74) is 3.21. The lowest BCUT2D eigenvalue weighted by Crippen LogP contribution is -2.30. The molecule has 2 unspecified atom stereocenters. The van der Waals surface area contributed by atoms with Gasteiger partial charge in [0.1, 0.15) is 0 Å². The molecular formula is C13H16N2O. The zero-order chi connectivity index (χ0) is 11.1. The third-order valence-electron chi connectivity index (χ3n) is 3.63. The Kier molecular flexibility index (Phi) is 2.13. The van der Waals surface area contributed by atoms with E-state index in [9.17, 15) is 4.79 Å². The van der Waals surface area contributed by atoms with E-state index in [1.807, 2.05) is 12.1 Å². The molecule has 84 valence electrons. The second-order valence-electron chi connectivity index (χ2n) is 4.83. The van der Waals surface area contributed by atoms with Crippen LogP contribution in [0.3, 0.4) is 0 Å². The highest BCUT2D eigenvalue weighted by molar-refractivity contribution is 5.98. The van der Waals surface area contributed by atoms with Gasteiger partial charge in [-0.1, -0.05) is 12.5 Å². The topological polar surface area (TPSA) is 41.1 Å². The van der Waals surface area contributed by atoms with Crippen molar-refractivity contribution in [1.29, 1.82) is 0 Å². The summed E-state index contributed by atoms with van der Waals surface area (Å²) < 4.78 is 0. The summed E-state index contributed by atoms with van der Waals surface area (Å²) in [5.74, 6) is 0.324. The molecule has 1 aliphatic carbocycles. The quantitative estimate of drug-likeness (QED) is 0.699. The van der Waals surface area contributed by atoms with Crippen molar-refractivity contribution >= 4 is 17.3 Å². The second kappa shape index (κ2) is 3.51. The number of carbonyl (C=O) groups is 1. The first-order valence-corrected chi connectivity index (χ1v) is 5.92. The molecule has 2 N–H and O–H groups in total. The van der Waals surface area contributed by atoms with Crippen LogP contribution in [0.1, 0.15) is 24.8 Å². The van der Waals surface area contributed by atoms with Crippen LogP contribution in [-0.2, 0) is 4.79 Å². The van der Waals surface area contributed by atoms with Gasteiger partial charge in [0, 0.05) is 6.04 Å². The van der Waals surface area contributed by atoms with Gasteiger partial charge in [-0.2, -0.15) is 0 Å². The van der Waals surface area contributed by atoms with Crippen LogP contribution in [0.2, 0.25) is 0 Å². The lowest BCUT2D eigenvalue weighted by molar-refractivity contribution is -0.119. The van der Waals surface area contributed by atoms with Gasteiger partial charge in [0.15, 0.2) is 0 Å². The van der Waals surface area contributed by atoms with Crippen molar-refractivity contribution in [2.75, 3.05) is 10.6 Å². The van der Waals surface area contributed by atoms with E-state index in [-0.39, 0.29) is 11.8 Å². The minimum Gasteiger partial charge on any atom is -0.380 e. The normalized spacial score (nSPS) is 27.4.